The normalized spacial score (nSPS) is 19.4. The first-order valence-electron chi connectivity index (χ1n) is 14.9. The molecule has 5 atom stereocenters. The average molecular weight is 535 g/mol. The molecule has 0 saturated carbocycles. The van der Waals surface area contributed by atoms with Gasteiger partial charge in [-0.05, 0) is 64.7 Å². The van der Waals surface area contributed by atoms with Crippen molar-refractivity contribution in [2.75, 3.05) is 0 Å². The minimum absolute atomic E-state index is 0.0296. The Bertz CT molecular complexity index is 1120. The van der Waals surface area contributed by atoms with E-state index in [9.17, 15) is 14.4 Å². The first-order valence-corrected chi connectivity index (χ1v) is 14.9. The number of rotatable bonds is 12. The van der Waals surface area contributed by atoms with Crippen LogP contribution in [0.2, 0.25) is 0 Å². The second-order valence-electron chi connectivity index (χ2n) is 14.4. The van der Waals surface area contributed by atoms with Crippen molar-refractivity contribution in [1.82, 2.24) is 0 Å². The maximum absolute atomic E-state index is 14.3. The third kappa shape index (κ3) is 7.27. The SMILES string of the molecule is CC(=O)/C(C)=C/C(C(C)C)C(C)C(=O)C(CC(=O)C(C(C)C)C(C)(C)C1=CC(C)c2ccccc21)C(C)(C)C. The number of benzene rings is 1. The Morgan fingerprint density at radius 3 is 1.95 bits per heavy atom. The maximum atomic E-state index is 14.3. The highest BCUT2D eigenvalue weighted by molar-refractivity contribution is 5.94. The lowest BCUT2D eigenvalue weighted by atomic mass is 9.62. The molecule has 0 bridgehead atoms. The highest BCUT2D eigenvalue weighted by atomic mass is 16.1. The van der Waals surface area contributed by atoms with Gasteiger partial charge in [-0.1, -0.05) is 113 Å². The molecule has 0 heterocycles. The zero-order valence-corrected chi connectivity index (χ0v) is 26.9. The molecule has 1 aliphatic rings. The molecule has 0 spiro atoms. The molecule has 3 heteroatoms. The van der Waals surface area contributed by atoms with Gasteiger partial charge in [-0.2, -0.15) is 0 Å². The number of hydrogen-bond acceptors (Lipinski definition) is 3. The Hall–Kier alpha value is -2.29. The van der Waals surface area contributed by atoms with Crippen LogP contribution in [-0.4, -0.2) is 17.3 Å². The number of ketones is 3. The lowest BCUT2D eigenvalue weighted by Crippen LogP contribution is -2.42. The second-order valence-corrected chi connectivity index (χ2v) is 14.4. The lowest BCUT2D eigenvalue weighted by Gasteiger charge is -2.40. The van der Waals surface area contributed by atoms with Gasteiger partial charge < -0.3 is 0 Å². The summed E-state index contributed by atoms with van der Waals surface area (Å²) in [4.78, 5) is 40.4. The number of carbonyl (C=O) groups excluding carboxylic acids is 3. The molecule has 216 valence electrons. The summed E-state index contributed by atoms with van der Waals surface area (Å²) in [7, 11) is 0. The standard InChI is InChI=1S/C36H54O3/c1-21(2)29(18-23(5)26(8)37)25(7)34(39)31(35(9,10)11)20-32(38)33(22(3)4)36(12,13)30-19-24(6)27-16-14-15-17-28(27)30/h14-19,21-22,24-25,29,31,33H,20H2,1-13H3/b23-18+. The number of Topliss-reactive ketones (excluding diaryl/α,β-unsaturated/α-hetero) is 3. The first kappa shape index (κ1) is 32.9. The van der Waals surface area contributed by atoms with Crippen LogP contribution in [0.25, 0.3) is 5.57 Å². The zero-order valence-electron chi connectivity index (χ0n) is 26.9. The van der Waals surface area contributed by atoms with Crippen LogP contribution in [0.4, 0.5) is 0 Å². The molecule has 5 unspecified atom stereocenters. The number of allylic oxidation sites excluding steroid dienone is 4. The van der Waals surface area contributed by atoms with E-state index in [0.29, 0.717) is 11.5 Å². The molecular weight excluding hydrogens is 480 g/mol. The quantitative estimate of drug-likeness (QED) is 0.251. The van der Waals surface area contributed by atoms with Crippen LogP contribution in [0.5, 0.6) is 0 Å². The maximum Gasteiger partial charge on any atom is 0.155 e. The van der Waals surface area contributed by atoms with Crippen LogP contribution >= 0.6 is 0 Å². The highest BCUT2D eigenvalue weighted by Crippen LogP contribution is 2.51. The van der Waals surface area contributed by atoms with Gasteiger partial charge in [0.2, 0.25) is 0 Å². The summed E-state index contributed by atoms with van der Waals surface area (Å²) in [5, 5.41) is 0. The van der Waals surface area contributed by atoms with Crippen LogP contribution in [0.15, 0.2) is 42.0 Å². The van der Waals surface area contributed by atoms with E-state index in [0.717, 1.165) is 0 Å². The van der Waals surface area contributed by atoms with Crippen molar-refractivity contribution in [1.29, 1.82) is 0 Å². The van der Waals surface area contributed by atoms with Gasteiger partial charge in [-0.25, -0.2) is 0 Å². The minimum Gasteiger partial charge on any atom is -0.299 e. The summed E-state index contributed by atoms with van der Waals surface area (Å²) in [6.45, 7) is 26.7. The van der Waals surface area contributed by atoms with Gasteiger partial charge in [-0.15, -0.1) is 0 Å². The molecular formula is C36H54O3. The molecule has 0 saturated heterocycles. The molecule has 1 aromatic rings. The van der Waals surface area contributed by atoms with Crippen LogP contribution < -0.4 is 0 Å². The van der Waals surface area contributed by atoms with Crippen LogP contribution in [-0.2, 0) is 14.4 Å². The Kier molecular flexibility index (Phi) is 10.5. The summed E-state index contributed by atoms with van der Waals surface area (Å²) < 4.78 is 0. The fourth-order valence-electron chi connectivity index (χ4n) is 6.89. The molecule has 0 radical (unpaired) electrons. The van der Waals surface area contributed by atoms with Gasteiger partial charge in [0, 0.05) is 30.1 Å². The van der Waals surface area contributed by atoms with Crippen molar-refractivity contribution in [3.8, 4) is 0 Å². The van der Waals surface area contributed by atoms with E-state index < -0.39 is 5.92 Å². The van der Waals surface area contributed by atoms with Crippen molar-refractivity contribution in [2.45, 2.75) is 102 Å². The summed E-state index contributed by atoms with van der Waals surface area (Å²) in [6, 6.07) is 8.54. The van der Waals surface area contributed by atoms with E-state index in [-0.39, 0.29) is 64.2 Å². The second kappa shape index (κ2) is 12.5. The lowest BCUT2D eigenvalue weighted by molar-refractivity contribution is -0.138. The highest BCUT2D eigenvalue weighted by Gasteiger charge is 2.45. The Morgan fingerprint density at radius 2 is 1.46 bits per heavy atom. The predicted octanol–water partition coefficient (Wildman–Crippen LogP) is 9.12. The van der Waals surface area contributed by atoms with Crippen LogP contribution in [0, 0.1) is 46.3 Å². The van der Waals surface area contributed by atoms with E-state index in [2.05, 4.69) is 99.6 Å². The Morgan fingerprint density at radius 1 is 0.897 bits per heavy atom. The van der Waals surface area contributed by atoms with E-state index in [4.69, 9.17) is 0 Å². The summed E-state index contributed by atoms with van der Waals surface area (Å²) >= 11 is 0. The number of carbonyl (C=O) groups is 3. The number of hydrogen-bond donors (Lipinski definition) is 0. The molecule has 0 fully saturated rings. The predicted molar refractivity (Wildman–Crippen MR) is 164 cm³/mol. The fraction of sp³-hybridized carbons (Fsp3) is 0.639. The van der Waals surface area contributed by atoms with E-state index in [1.807, 2.05) is 19.9 Å². The van der Waals surface area contributed by atoms with E-state index in [1.165, 1.54) is 16.7 Å². The fourth-order valence-corrected chi connectivity index (χ4v) is 6.89. The van der Waals surface area contributed by atoms with Gasteiger partial charge in [0.25, 0.3) is 0 Å². The summed E-state index contributed by atoms with van der Waals surface area (Å²) in [5.74, 6) is 0.0369. The zero-order chi connectivity index (χ0) is 30.0. The van der Waals surface area contributed by atoms with Crippen molar-refractivity contribution in [3.63, 3.8) is 0 Å². The molecule has 0 aromatic heterocycles. The van der Waals surface area contributed by atoms with Gasteiger partial charge in [0.05, 0.1) is 0 Å². The molecule has 0 amide bonds. The van der Waals surface area contributed by atoms with Gasteiger partial charge in [-0.3, -0.25) is 14.4 Å². The minimum atomic E-state index is -0.395. The molecule has 3 nitrogen and oxygen atoms in total. The molecule has 2 rings (SSSR count). The van der Waals surface area contributed by atoms with E-state index in [1.54, 1.807) is 6.92 Å². The Labute approximate surface area is 238 Å². The van der Waals surface area contributed by atoms with Crippen LogP contribution in [0.1, 0.15) is 113 Å². The molecule has 1 aromatic carbocycles. The largest absolute Gasteiger partial charge is 0.299 e. The average Bonchev–Trinajstić information content (AvgIpc) is 3.16. The van der Waals surface area contributed by atoms with Crippen molar-refractivity contribution < 1.29 is 14.4 Å². The van der Waals surface area contributed by atoms with Crippen molar-refractivity contribution in [3.05, 3.63) is 53.1 Å². The molecule has 0 aliphatic heterocycles. The number of fused-ring (bicyclic) bond motifs is 1. The van der Waals surface area contributed by atoms with E-state index >= 15 is 0 Å². The van der Waals surface area contributed by atoms with Gasteiger partial charge >= 0.3 is 0 Å². The first-order chi connectivity index (χ1) is 17.8. The molecule has 0 N–H and O–H groups in total. The van der Waals surface area contributed by atoms with Crippen molar-refractivity contribution >= 4 is 22.9 Å². The Balaban J connectivity index is 2.45. The van der Waals surface area contributed by atoms with Gasteiger partial charge in [0.1, 0.15) is 11.6 Å². The summed E-state index contributed by atoms with van der Waals surface area (Å²) in [5.41, 5.74) is 3.78. The van der Waals surface area contributed by atoms with Gasteiger partial charge in [0.15, 0.2) is 5.78 Å². The molecule has 39 heavy (non-hydrogen) atoms. The molecule has 1 aliphatic carbocycles. The topological polar surface area (TPSA) is 51.2 Å². The summed E-state index contributed by atoms with van der Waals surface area (Å²) in [6.07, 6.45) is 4.55. The monoisotopic (exact) mass is 534 g/mol. The van der Waals surface area contributed by atoms with Crippen LogP contribution in [0.3, 0.4) is 0 Å². The van der Waals surface area contributed by atoms with Crippen molar-refractivity contribution in [2.24, 2.45) is 46.3 Å². The third-order valence-corrected chi connectivity index (χ3v) is 9.23. The third-order valence-electron chi connectivity index (χ3n) is 9.23. The smallest absolute Gasteiger partial charge is 0.155 e.